The van der Waals surface area contributed by atoms with Crippen LogP contribution in [0, 0.1) is 12.7 Å². The van der Waals surface area contributed by atoms with E-state index < -0.39 is 0 Å². The van der Waals surface area contributed by atoms with Crippen LogP contribution in [0.4, 0.5) is 10.1 Å². The lowest BCUT2D eigenvalue weighted by atomic mass is 10.1. The predicted molar refractivity (Wildman–Crippen MR) is 91.0 cm³/mol. The second-order valence-corrected chi connectivity index (χ2v) is 5.72. The molecule has 0 saturated carbocycles. The van der Waals surface area contributed by atoms with Crippen molar-refractivity contribution in [1.82, 2.24) is 4.98 Å². The highest BCUT2D eigenvalue weighted by molar-refractivity contribution is 5.91. The molecule has 2 aromatic carbocycles. The molecular formula is C19H19FN2O. The van der Waals surface area contributed by atoms with Gasteiger partial charge in [-0.3, -0.25) is 4.79 Å². The topological polar surface area (TPSA) is 44.9 Å². The summed E-state index contributed by atoms with van der Waals surface area (Å²) in [5.74, 6) is -0.428. The summed E-state index contributed by atoms with van der Waals surface area (Å²) >= 11 is 0. The summed E-state index contributed by atoms with van der Waals surface area (Å²) in [6, 6.07) is 12.5. The number of carbonyl (C=O) groups excluding carboxylic acids is 1. The lowest BCUT2D eigenvalue weighted by Gasteiger charge is -2.08. The largest absolute Gasteiger partial charge is 0.361 e. The number of H-pyrrole nitrogens is 1. The minimum atomic E-state index is -0.343. The molecule has 118 valence electrons. The molecule has 3 nitrogen and oxygen atoms in total. The van der Waals surface area contributed by atoms with E-state index in [-0.39, 0.29) is 11.7 Å². The Morgan fingerprint density at radius 2 is 2.04 bits per heavy atom. The first kappa shape index (κ1) is 15.3. The molecule has 1 aromatic heterocycles. The van der Waals surface area contributed by atoms with Crippen LogP contribution in [0.25, 0.3) is 10.9 Å². The molecule has 0 bridgehead atoms. The lowest BCUT2D eigenvalue weighted by molar-refractivity contribution is -0.116. The van der Waals surface area contributed by atoms with Crippen molar-refractivity contribution in [2.75, 3.05) is 5.32 Å². The lowest BCUT2D eigenvalue weighted by Crippen LogP contribution is -2.12. The van der Waals surface area contributed by atoms with Crippen molar-refractivity contribution in [1.29, 1.82) is 0 Å². The molecule has 3 aromatic rings. The van der Waals surface area contributed by atoms with E-state index in [4.69, 9.17) is 0 Å². The van der Waals surface area contributed by atoms with Gasteiger partial charge in [-0.05, 0) is 49.1 Å². The van der Waals surface area contributed by atoms with Crippen molar-refractivity contribution in [3.8, 4) is 0 Å². The molecule has 0 aliphatic carbocycles. The molecule has 0 unspecified atom stereocenters. The number of nitrogens with one attached hydrogen (secondary N) is 2. The third-order valence-electron chi connectivity index (χ3n) is 4.00. The van der Waals surface area contributed by atoms with Crippen molar-refractivity contribution in [3.05, 3.63) is 65.6 Å². The summed E-state index contributed by atoms with van der Waals surface area (Å²) in [5.41, 5.74) is 3.73. The van der Waals surface area contributed by atoms with Gasteiger partial charge in [0.2, 0.25) is 5.91 Å². The zero-order chi connectivity index (χ0) is 16.2. The number of aromatic amines is 1. The van der Waals surface area contributed by atoms with E-state index in [0.717, 1.165) is 23.9 Å². The van der Waals surface area contributed by atoms with Crippen molar-refractivity contribution >= 4 is 22.5 Å². The van der Waals surface area contributed by atoms with Crippen LogP contribution in [0.3, 0.4) is 0 Å². The molecule has 0 atom stereocenters. The maximum Gasteiger partial charge on any atom is 0.224 e. The number of para-hydroxylation sites is 1. The third kappa shape index (κ3) is 3.59. The maximum absolute atomic E-state index is 13.2. The third-order valence-corrected chi connectivity index (χ3v) is 4.00. The molecule has 1 heterocycles. The van der Waals surface area contributed by atoms with Gasteiger partial charge in [0.1, 0.15) is 5.82 Å². The summed E-state index contributed by atoms with van der Waals surface area (Å²) in [5, 5.41) is 3.98. The Bertz CT molecular complexity index is 838. The van der Waals surface area contributed by atoms with Crippen LogP contribution in [-0.4, -0.2) is 10.9 Å². The molecule has 0 radical (unpaired) electrons. The molecule has 0 aliphatic rings. The number of rotatable bonds is 5. The number of amides is 1. The van der Waals surface area contributed by atoms with Crippen molar-refractivity contribution in [2.45, 2.75) is 26.2 Å². The number of aryl methyl sites for hydroxylation is 2. The maximum atomic E-state index is 13.2. The summed E-state index contributed by atoms with van der Waals surface area (Å²) in [6.07, 6.45) is 4.00. The van der Waals surface area contributed by atoms with Gasteiger partial charge in [-0.15, -0.1) is 0 Å². The molecule has 0 fully saturated rings. The number of carbonyl (C=O) groups is 1. The molecule has 4 heteroatoms. The van der Waals surface area contributed by atoms with Gasteiger partial charge in [-0.2, -0.15) is 0 Å². The van der Waals surface area contributed by atoms with Gasteiger partial charge in [0, 0.05) is 29.2 Å². The number of hydrogen-bond acceptors (Lipinski definition) is 1. The van der Waals surface area contributed by atoms with E-state index in [1.807, 2.05) is 31.3 Å². The van der Waals surface area contributed by atoms with Crippen molar-refractivity contribution in [3.63, 3.8) is 0 Å². The van der Waals surface area contributed by atoms with Gasteiger partial charge in [-0.1, -0.05) is 24.3 Å². The summed E-state index contributed by atoms with van der Waals surface area (Å²) in [7, 11) is 0. The van der Waals surface area contributed by atoms with Crippen molar-refractivity contribution in [2.24, 2.45) is 0 Å². The van der Waals surface area contributed by atoms with Crippen LogP contribution >= 0.6 is 0 Å². The van der Waals surface area contributed by atoms with Gasteiger partial charge in [-0.25, -0.2) is 4.39 Å². The first-order chi connectivity index (χ1) is 11.1. The summed E-state index contributed by atoms with van der Waals surface area (Å²) in [6.45, 7) is 1.85. The SMILES string of the molecule is Cc1ccc(F)cc1NC(=O)CCCc1c[nH]c2ccccc12. The minimum Gasteiger partial charge on any atom is -0.361 e. The molecule has 0 saturated heterocycles. The van der Waals surface area contributed by atoms with Crippen molar-refractivity contribution < 1.29 is 9.18 Å². The van der Waals surface area contributed by atoms with E-state index >= 15 is 0 Å². The second-order valence-electron chi connectivity index (χ2n) is 5.72. The van der Waals surface area contributed by atoms with E-state index in [1.54, 1.807) is 6.07 Å². The van der Waals surface area contributed by atoms with Crippen LogP contribution in [0.15, 0.2) is 48.7 Å². The normalized spacial score (nSPS) is 10.9. The number of fused-ring (bicyclic) bond motifs is 1. The number of aromatic nitrogens is 1. The van der Waals surface area contributed by atoms with Gasteiger partial charge in [0.25, 0.3) is 0 Å². The minimum absolute atomic E-state index is 0.0847. The highest BCUT2D eigenvalue weighted by Gasteiger charge is 2.08. The molecular weight excluding hydrogens is 291 g/mol. The number of anilines is 1. The summed E-state index contributed by atoms with van der Waals surface area (Å²) in [4.78, 5) is 15.3. The monoisotopic (exact) mass is 310 g/mol. The number of halogens is 1. The average molecular weight is 310 g/mol. The number of hydrogen-bond donors (Lipinski definition) is 2. The van der Waals surface area contributed by atoms with Crippen LogP contribution < -0.4 is 5.32 Å². The Kier molecular flexibility index (Phi) is 4.42. The fourth-order valence-electron chi connectivity index (χ4n) is 2.72. The first-order valence-corrected chi connectivity index (χ1v) is 7.74. The van der Waals surface area contributed by atoms with Gasteiger partial charge in [0.05, 0.1) is 0 Å². The zero-order valence-electron chi connectivity index (χ0n) is 13.0. The molecule has 1 amide bonds. The van der Waals surface area contributed by atoms with E-state index in [2.05, 4.69) is 16.4 Å². The smallest absolute Gasteiger partial charge is 0.224 e. The van der Waals surface area contributed by atoms with Crippen LogP contribution in [0.5, 0.6) is 0 Å². The zero-order valence-corrected chi connectivity index (χ0v) is 13.0. The quantitative estimate of drug-likeness (QED) is 0.712. The van der Waals surface area contributed by atoms with Crippen LogP contribution in [0.1, 0.15) is 24.0 Å². The predicted octanol–water partition coefficient (Wildman–Crippen LogP) is 4.58. The van der Waals surface area contributed by atoms with E-state index in [1.165, 1.54) is 23.1 Å². The van der Waals surface area contributed by atoms with Gasteiger partial charge < -0.3 is 10.3 Å². The molecule has 3 rings (SSSR count). The summed E-state index contributed by atoms with van der Waals surface area (Å²) < 4.78 is 13.2. The van der Waals surface area contributed by atoms with Crippen LogP contribution in [0.2, 0.25) is 0 Å². The van der Waals surface area contributed by atoms with E-state index in [9.17, 15) is 9.18 Å². The Morgan fingerprint density at radius 3 is 2.91 bits per heavy atom. The standard InChI is InChI=1S/C19H19FN2O/c1-13-9-10-15(20)11-18(13)22-19(23)8-4-5-14-12-21-17-7-3-2-6-16(14)17/h2-3,6-7,9-12,21H,4-5,8H2,1H3,(H,22,23). The fourth-order valence-corrected chi connectivity index (χ4v) is 2.72. The molecule has 0 spiro atoms. The Labute approximate surface area is 134 Å². The Balaban J connectivity index is 1.56. The second kappa shape index (κ2) is 6.65. The highest BCUT2D eigenvalue weighted by atomic mass is 19.1. The average Bonchev–Trinajstić information content (AvgIpc) is 2.94. The fraction of sp³-hybridized carbons (Fsp3) is 0.211. The Morgan fingerprint density at radius 1 is 1.22 bits per heavy atom. The van der Waals surface area contributed by atoms with Gasteiger partial charge in [0.15, 0.2) is 0 Å². The van der Waals surface area contributed by atoms with Gasteiger partial charge >= 0.3 is 0 Å². The van der Waals surface area contributed by atoms with E-state index in [0.29, 0.717) is 12.1 Å². The molecule has 0 aliphatic heterocycles. The Hall–Kier alpha value is -2.62. The first-order valence-electron chi connectivity index (χ1n) is 7.74. The van der Waals surface area contributed by atoms with Crippen LogP contribution in [-0.2, 0) is 11.2 Å². The highest BCUT2D eigenvalue weighted by Crippen LogP contribution is 2.20. The molecule has 23 heavy (non-hydrogen) atoms. The molecule has 2 N–H and O–H groups in total. The number of benzene rings is 2.